The third-order valence-corrected chi connectivity index (χ3v) is 5.86. The van der Waals surface area contributed by atoms with E-state index in [-0.39, 0.29) is 5.91 Å². The van der Waals surface area contributed by atoms with Gasteiger partial charge in [-0.3, -0.25) is 4.79 Å². The molecule has 1 amide bonds. The van der Waals surface area contributed by atoms with Crippen molar-refractivity contribution in [2.24, 2.45) is 0 Å². The van der Waals surface area contributed by atoms with Gasteiger partial charge in [-0.25, -0.2) is 0 Å². The first kappa shape index (κ1) is 21.4. The Balaban J connectivity index is 1.49. The second kappa shape index (κ2) is 13.3. The maximum Gasteiger partial charge on any atom is 0.220 e. The van der Waals surface area contributed by atoms with Crippen LogP contribution in [0.2, 0.25) is 0 Å². The molecule has 0 spiro atoms. The Hall–Kier alpha value is -0.870. The molecule has 1 N–H and O–H groups in total. The number of nitrogens with one attached hydrogen (secondary N) is 1. The molecular formula is C22H35BrN2O. The van der Waals surface area contributed by atoms with E-state index in [0.29, 0.717) is 12.5 Å². The average molecular weight is 423 g/mol. The largest absolute Gasteiger partial charge is 0.353 e. The summed E-state index contributed by atoms with van der Waals surface area (Å²) in [4.78, 5) is 14.6. The molecule has 0 bridgehead atoms. The van der Waals surface area contributed by atoms with Crippen molar-refractivity contribution in [3.8, 4) is 0 Å². The minimum atomic E-state index is 0.258. The van der Waals surface area contributed by atoms with Crippen LogP contribution in [0.4, 0.5) is 0 Å². The summed E-state index contributed by atoms with van der Waals surface area (Å²) in [6.07, 6.45) is 11.4. The molecule has 2 rings (SSSR count). The summed E-state index contributed by atoms with van der Waals surface area (Å²) in [5.41, 5.74) is 1.41. The van der Waals surface area contributed by atoms with Crippen LogP contribution in [0.5, 0.6) is 0 Å². The van der Waals surface area contributed by atoms with E-state index in [0.717, 1.165) is 50.6 Å². The van der Waals surface area contributed by atoms with Crippen molar-refractivity contribution in [1.29, 1.82) is 0 Å². The van der Waals surface area contributed by atoms with Crippen LogP contribution in [0.25, 0.3) is 0 Å². The summed E-state index contributed by atoms with van der Waals surface area (Å²) >= 11 is 3.47. The van der Waals surface area contributed by atoms with E-state index in [1.807, 2.05) is 0 Å². The highest BCUT2D eigenvalue weighted by Gasteiger charge is 2.20. The number of piperidine rings is 1. The molecule has 1 saturated heterocycles. The first-order chi connectivity index (χ1) is 12.8. The molecule has 1 aliphatic rings. The number of hydrogen-bond acceptors (Lipinski definition) is 2. The van der Waals surface area contributed by atoms with Gasteiger partial charge in [0.2, 0.25) is 5.91 Å². The van der Waals surface area contributed by atoms with Crippen molar-refractivity contribution in [3.63, 3.8) is 0 Å². The number of likely N-dealkylation sites (tertiary alicyclic amines) is 1. The number of hydrogen-bond donors (Lipinski definition) is 1. The van der Waals surface area contributed by atoms with Gasteiger partial charge in [0.25, 0.3) is 0 Å². The Kier molecular flexibility index (Phi) is 11.0. The van der Waals surface area contributed by atoms with E-state index < -0.39 is 0 Å². The summed E-state index contributed by atoms with van der Waals surface area (Å²) in [6.45, 7) is 3.33. The van der Waals surface area contributed by atoms with Crippen LogP contribution < -0.4 is 5.32 Å². The van der Waals surface area contributed by atoms with Crippen molar-refractivity contribution < 1.29 is 4.79 Å². The van der Waals surface area contributed by atoms with Crippen LogP contribution in [0.3, 0.4) is 0 Å². The fraction of sp³-hybridized carbons (Fsp3) is 0.682. The molecule has 4 heteroatoms. The summed E-state index contributed by atoms with van der Waals surface area (Å²) in [5, 5.41) is 4.36. The number of nitrogens with zero attached hydrogens (tertiary/aromatic N) is 1. The summed E-state index contributed by atoms with van der Waals surface area (Å²) < 4.78 is 0. The van der Waals surface area contributed by atoms with E-state index in [4.69, 9.17) is 0 Å². The molecule has 1 aliphatic heterocycles. The molecular weight excluding hydrogens is 388 g/mol. The Bertz CT molecular complexity index is 486. The maximum absolute atomic E-state index is 12.1. The Morgan fingerprint density at radius 2 is 1.65 bits per heavy atom. The number of alkyl halides is 1. The molecule has 0 unspecified atom stereocenters. The molecule has 1 aromatic rings. The first-order valence-corrected chi connectivity index (χ1v) is 11.5. The van der Waals surface area contributed by atoms with Crippen LogP contribution in [-0.4, -0.2) is 41.8 Å². The van der Waals surface area contributed by atoms with E-state index in [1.165, 1.54) is 37.7 Å². The summed E-state index contributed by atoms with van der Waals surface area (Å²) in [7, 11) is 0. The maximum atomic E-state index is 12.1. The zero-order valence-electron chi connectivity index (χ0n) is 16.1. The van der Waals surface area contributed by atoms with Gasteiger partial charge in [0.05, 0.1) is 0 Å². The third-order valence-electron chi connectivity index (χ3n) is 5.30. The van der Waals surface area contributed by atoms with Gasteiger partial charge in [0.15, 0.2) is 0 Å². The second-order valence-corrected chi connectivity index (χ2v) is 8.27. The van der Waals surface area contributed by atoms with Crippen LogP contribution >= 0.6 is 15.9 Å². The lowest BCUT2D eigenvalue weighted by molar-refractivity contribution is -0.122. The van der Waals surface area contributed by atoms with Gasteiger partial charge in [-0.2, -0.15) is 0 Å². The van der Waals surface area contributed by atoms with E-state index in [1.54, 1.807) is 0 Å². The highest BCUT2D eigenvalue weighted by Crippen LogP contribution is 2.13. The van der Waals surface area contributed by atoms with Crippen LogP contribution in [-0.2, 0) is 11.2 Å². The Morgan fingerprint density at radius 3 is 2.35 bits per heavy atom. The van der Waals surface area contributed by atoms with Crippen molar-refractivity contribution in [2.45, 2.75) is 70.3 Å². The summed E-state index contributed by atoms with van der Waals surface area (Å²) in [5.74, 6) is 0.258. The van der Waals surface area contributed by atoms with Gasteiger partial charge in [-0.1, -0.05) is 71.9 Å². The molecule has 146 valence electrons. The second-order valence-electron chi connectivity index (χ2n) is 7.48. The first-order valence-electron chi connectivity index (χ1n) is 10.4. The standard InChI is InChI=1S/C22H35BrN2O/c23-16-9-4-2-1-3-8-12-22(26)24-21-14-18-25(19-15-21)17-13-20-10-6-5-7-11-20/h5-7,10-11,21H,1-4,8-9,12-19H2,(H,24,26). The van der Waals surface area contributed by atoms with E-state index >= 15 is 0 Å². The number of carbonyl (C=O) groups is 1. The lowest BCUT2D eigenvalue weighted by atomic mass is 10.0. The van der Waals surface area contributed by atoms with E-state index in [2.05, 4.69) is 56.5 Å². The van der Waals surface area contributed by atoms with Gasteiger partial charge < -0.3 is 10.2 Å². The predicted molar refractivity (Wildman–Crippen MR) is 114 cm³/mol. The number of halogens is 1. The van der Waals surface area contributed by atoms with Gasteiger partial charge in [0.1, 0.15) is 0 Å². The van der Waals surface area contributed by atoms with Gasteiger partial charge >= 0.3 is 0 Å². The van der Waals surface area contributed by atoms with Crippen LogP contribution in [0.1, 0.15) is 63.4 Å². The topological polar surface area (TPSA) is 32.3 Å². The summed E-state index contributed by atoms with van der Waals surface area (Å²) in [6, 6.07) is 11.1. The van der Waals surface area contributed by atoms with Crippen LogP contribution in [0, 0.1) is 0 Å². The monoisotopic (exact) mass is 422 g/mol. The molecule has 1 aromatic carbocycles. The molecule has 0 saturated carbocycles. The molecule has 0 radical (unpaired) electrons. The number of benzene rings is 1. The van der Waals surface area contributed by atoms with Crippen molar-refractivity contribution in [2.75, 3.05) is 25.0 Å². The lowest BCUT2D eigenvalue weighted by Gasteiger charge is -2.32. The molecule has 1 heterocycles. The number of amides is 1. The van der Waals surface area contributed by atoms with Gasteiger partial charge in [-0.15, -0.1) is 0 Å². The van der Waals surface area contributed by atoms with Crippen molar-refractivity contribution in [1.82, 2.24) is 10.2 Å². The van der Waals surface area contributed by atoms with Gasteiger partial charge in [0, 0.05) is 37.4 Å². The number of rotatable bonds is 12. The molecule has 3 nitrogen and oxygen atoms in total. The number of unbranched alkanes of at least 4 members (excludes halogenated alkanes) is 5. The Labute approximate surface area is 168 Å². The lowest BCUT2D eigenvalue weighted by Crippen LogP contribution is -2.45. The molecule has 1 fully saturated rings. The highest BCUT2D eigenvalue weighted by molar-refractivity contribution is 9.09. The zero-order chi connectivity index (χ0) is 18.5. The van der Waals surface area contributed by atoms with E-state index in [9.17, 15) is 4.79 Å². The molecule has 26 heavy (non-hydrogen) atoms. The van der Waals surface area contributed by atoms with Crippen LogP contribution in [0.15, 0.2) is 30.3 Å². The van der Waals surface area contributed by atoms with Gasteiger partial charge in [-0.05, 0) is 37.7 Å². The number of carbonyl (C=O) groups excluding carboxylic acids is 1. The molecule has 0 atom stereocenters. The molecule has 0 aromatic heterocycles. The normalized spacial score (nSPS) is 15.9. The minimum Gasteiger partial charge on any atom is -0.353 e. The Morgan fingerprint density at radius 1 is 1.00 bits per heavy atom. The SMILES string of the molecule is O=C(CCCCCCCCBr)NC1CCN(CCc2ccccc2)CC1. The van der Waals surface area contributed by atoms with Crippen molar-refractivity contribution >= 4 is 21.8 Å². The smallest absolute Gasteiger partial charge is 0.220 e. The fourth-order valence-electron chi connectivity index (χ4n) is 3.62. The fourth-order valence-corrected chi connectivity index (χ4v) is 4.02. The third kappa shape index (κ3) is 9.18. The average Bonchev–Trinajstić information content (AvgIpc) is 2.67. The quantitative estimate of drug-likeness (QED) is 0.382. The van der Waals surface area contributed by atoms with Crippen molar-refractivity contribution in [3.05, 3.63) is 35.9 Å². The highest BCUT2D eigenvalue weighted by atomic mass is 79.9. The predicted octanol–water partition coefficient (Wildman–Crippen LogP) is 4.94. The zero-order valence-corrected chi connectivity index (χ0v) is 17.7. The molecule has 0 aliphatic carbocycles. The minimum absolute atomic E-state index is 0.258.